The van der Waals surface area contributed by atoms with Crippen molar-refractivity contribution in [2.75, 3.05) is 6.61 Å². The topological polar surface area (TPSA) is 38.7 Å². The third kappa shape index (κ3) is 4.27. The minimum absolute atomic E-state index is 0.340. The minimum Gasteiger partial charge on any atom is -0.364 e. The number of unbranched alkanes of at least 4 members (excludes halogenated alkanes) is 1. The fourth-order valence-electron chi connectivity index (χ4n) is 0.948. The summed E-state index contributed by atoms with van der Waals surface area (Å²) in [5.74, 6) is 5.99. The number of benzene rings is 1. The molecule has 1 aromatic rings. The van der Waals surface area contributed by atoms with Crippen LogP contribution >= 0.6 is 0 Å². The summed E-state index contributed by atoms with van der Waals surface area (Å²) in [4.78, 5) is 13.8. The van der Waals surface area contributed by atoms with Crippen LogP contribution in [-0.4, -0.2) is 6.61 Å². The van der Waals surface area contributed by atoms with Crippen molar-refractivity contribution in [3.8, 4) is 11.8 Å². The van der Waals surface area contributed by atoms with E-state index in [1.807, 2.05) is 30.3 Å². The molecule has 0 radical (unpaired) electrons. The van der Waals surface area contributed by atoms with Crippen molar-refractivity contribution in [2.45, 2.75) is 12.8 Å². The Labute approximate surface area is 83.0 Å². The summed E-state index contributed by atoms with van der Waals surface area (Å²) < 4.78 is 0. The van der Waals surface area contributed by atoms with Gasteiger partial charge < -0.3 is 4.84 Å². The van der Waals surface area contributed by atoms with Crippen LogP contribution < -0.4 is 0 Å². The molecule has 0 spiro atoms. The summed E-state index contributed by atoms with van der Waals surface area (Å²) in [5.41, 5.74) is 1.00. The molecule has 0 N–H and O–H groups in total. The average molecular weight is 189 g/mol. The standard InChI is InChI=1S/C11H11NO2/c13-12-14-10-6-2-5-9-11-7-3-1-4-8-11/h1,3-4,7-8H,2,6,10H2. The molecule has 0 unspecified atom stereocenters. The summed E-state index contributed by atoms with van der Waals surface area (Å²) in [7, 11) is 0. The van der Waals surface area contributed by atoms with Gasteiger partial charge in [-0.2, -0.15) is 0 Å². The molecule has 0 aliphatic carbocycles. The lowest BCUT2D eigenvalue weighted by Gasteiger charge is -1.90. The van der Waals surface area contributed by atoms with Gasteiger partial charge in [-0.15, -0.1) is 4.91 Å². The van der Waals surface area contributed by atoms with Gasteiger partial charge in [-0.25, -0.2) is 0 Å². The Morgan fingerprint density at radius 1 is 1.29 bits per heavy atom. The molecule has 0 aliphatic rings. The summed E-state index contributed by atoms with van der Waals surface area (Å²) >= 11 is 0. The SMILES string of the molecule is O=NOCCCC#Cc1ccccc1. The molecule has 72 valence electrons. The maximum absolute atomic E-state index is 9.55. The summed E-state index contributed by atoms with van der Waals surface area (Å²) in [5, 5.41) is 2.29. The highest BCUT2D eigenvalue weighted by Crippen LogP contribution is 1.96. The molecule has 0 saturated heterocycles. The molecule has 0 bridgehead atoms. The van der Waals surface area contributed by atoms with E-state index in [0.717, 1.165) is 12.0 Å². The molecule has 0 atom stereocenters. The van der Waals surface area contributed by atoms with E-state index in [-0.39, 0.29) is 0 Å². The van der Waals surface area contributed by atoms with E-state index >= 15 is 0 Å². The second kappa shape index (κ2) is 6.67. The number of nitrogens with zero attached hydrogens (tertiary/aromatic N) is 1. The van der Waals surface area contributed by atoms with Crippen LogP contribution in [0.25, 0.3) is 0 Å². The molecule has 14 heavy (non-hydrogen) atoms. The second-order valence-corrected chi connectivity index (χ2v) is 2.68. The van der Waals surface area contributed by atoms with Crippen LogP contribution in [0.4, 0.5) is 0 Å². The van der Waals surface area contributed by atoms with Gasteiger partial charge in [-0.1, -0.05) is 30.0 Å². The van der Waals surface area contributed by atoms with E-state index in [0.29, 0.717) is 13.0 Å². The number of rotatable bonds is 4. The molecule has 0 saturated carbocycles. The Kier molecular flexibility index (Phi) is 4.89. The molecule has 0 fully saturated rings. The summed E-state index contributed by atoms with van der Waals surface area (Å²) in [6.07, 6.45) is 1.44. The van der Waals surface area contributed by atoms with Gasteiger partial charge in [0.25, 0.3) is 0 Å². The van der Waals surface area contributed by atoms with E-state index in [9.17, 15) is 4.91 Å². The predicted molar refractivity (Wildman–Crippen MR) is 54.3 cm³/mol. The van der Waals surface area contributed by atoms with Crippen molar-refractivity contribution in [1.82, 2.24) is 0 Å². The van der Waals surface area contributed by atoms with Crippen LogP contribution in [-0.2, 0) is 4.84 Å². The lowest BCUT2D eigenvalue weighted by Crippen LogP contribution is -1.84. The van der Waals surface area contributed by atoms with Gasteiger partial charge in [-0.05, 0) is 18.6 Å². The summed E-state index contributed by atoms with van der Waals surface area (Å²) in [6.45, 7) is 0.340. The number of hydrogen-bond acceptors (Lipinski definition) is 3. The molecule has 1 rings (SSSR count). The molecule has 0 amide bonds. The Bertz CT molecular complexity index is 324. The van der Waals surface area contributed by atoms with Crippen molar-refractivity contribution in [1.29, 1.82) is 0 Å². The predicted octanol–water partition coefficient (Wildman–Crippen LogP) is 2.52. The highest BCUT2D eigenvalue weighted by molar-refractivity contribution is 5.33. The lowest BCUT2D eigenvalue weighted by atomic mass is 10.2. The van der Waals surface area contributed by atoms with Crippen LogP contribution in [0.1, 0.15) is 18.4 Å². The smallest absolute Gasteiger partial charge is 0.155 e. The van der Waals surface area contributed by atoms with Crippen molar-refractivity contribution in [3.63, 3.8) is 0 Å². The average Bonchev–Trinajstić information content (AvgIpc) is 2.25. The van der Waals surface area contributed by atoms with Gasteiger partial charge in [0.2, 0.25) is 0 Å². The Morgan fingerprint density at radius 2 is 2.07 bits per heavy atom. The Hall–Kier alpha value is -1.82. The first-order valence-corrected chi connectivity index (χ1v) is 4.42. The van der Waals surface area contributed by atoms with E-state index in [2.05, 4.69) is 22.0 Å². The quantitative estimate of drug-likeness (QED) is 0.316. The van der Waals surface area contributed by atoms with Crippen LogP contribution in [0.3, 0.4) is 0 Å². The fourth-order valence-corrected chi connectivity index (χ4v) is 0.948. The zero-order valence-corrected chi connectivity index (χ0v) is 7.77. The van der Waals surface area contributed by atoms with Gasteiger partial charge in [-0.3, -0.25) is 0 Å². The molecule has 0 aliphatic heterocycles. The van der Waals surface area contributed by atoms with Crippen molar-refractivity contribution >= 4 is 0 Å². The second-order valence-electron chi connectivity index (χ2n) is 2.68. The Morgan fingerprint density at radius 3 is 2.79 bits per heavy atom. The van der Waals surface area contributed by atoms with Crippen LogP contribution in [0.2, 0.25) is 0 Å². The monoisotopic (exact) mass is 189 g/mol. The van der Waals surface area contributed by atoms with Gasteiger partial charge in [0.05, 0.1) is 0 Å². The maximum Gasteiger partial charge on any atom is 0.155 e. The molecule has 0 aromatic heterocycles. The van der Waals surface area contributed by atoms with Crippen molar-refractivity contribution in [3.05, 3.63) is 40.8 Å². The lowest BCUT2D eigenvalue weighted by molar-refractivity contribution is 0.138. The van der Waals surface area contributed by atoms with Crippen LogP contribution in [0.15, 0.2) is 35.7 Å². The van der Waals surface area contributed by atoms with Crippen LogP contribution in [0.5, 0.6) is 0 Å². The first-order chi connectivity index (χ1) is 6.93. The van der Waals surface area contributed by atoms with Gasteiger partial charge in [0.1, 0.15) is 6.61 Å². The van der Waals surface area contributed by atoms with E-state index in [1.165, 1.54) is 0 Å². The normalized spacial score (nSPS) is 8.57. The third-order valence-electron chi connectivity index (χ3n) is 1.60. The van der Waals surface area contributed by atoms with Gasteiger partial charge in [0.15, 0.2) is 5.34 Å². The maximum atomic E-state index is 9.55. The third-order valence-corrected chi connectivity index (χ3v) is 1.60. The molecular formula is C11H11NO2. The molecule has 0 heterocycles. The van der Waals surface area contributed by atoms with E-state index < -0.39 is 0 Å². The zero-order valence-electron chi connectivity index (χ0n) is 7.77. The molecule has 3 nitrogen and oxygen atoms in total. The highest BCUT2D eigenvalue weighted by Gasteiger charge is 1.85. The molecule has 1 aromatic carbocycles. The minimum atomic E-state index is 0.340. The fraction of sp³-hybridized carbons (Fsp3) is 0.273. The molecule has 3 heteroatoms. The van der Waals surface area contributed by atoms with Crippen LogP contribution in [0, 0.1) is 16.7 Å². The largest absolute Gasteiger partial charge is 0.364 e. The van der Waals surface area contributed by atoms with Gasteiger partial charge >= 0.3 is 0 Å². The number of hydrogen-bond donors (Lipinski definition) is 0. The van der Waals surface area contributed by atoms with Crippen molar-refractivity contribution in [2.24, 2.45) is 5.34 Å². The van der Waals surface area contributed by atoms with Crippen molar-refractivity contribution < 1.29 is 4.84 Å². The first kappa shape index (κ1) is 10.3. The highest BCUT2D eigenvalue weighted by atomic mass is 16.7. The summed E-state index contributed by atoms with van der Waals surface area (Å²) in [6, 6.07) is 9.76. The van der Waals surface area contributed by atoms with E-state index in [1.54, 1.807) is 0 Å². The van der Waals surface area contributed by atoms with Gasteiger partial charge in [0, 0.05) is 12.0 Å². The molecular weight excluding hydrogens is 178 g/mol. The first-order valence-electron chi connectivity index (χ1n) is 4.42. The van der Waals surface area contributed by atoms with E-state index in [4.69, 9.17) is 0 Å². The Balaban J connectivity index is 2.24. The zero-order chi connectivity index (χ0) is 10.1.